The Morgan fingerprint density at radius 2 is 1.97 bits per heavy atom. The smallest absolute Gasteiger partial charge is 0.393 e. The predicted octanol–water partition coefficient (Wildman–Crippen LogP) is 5.75. The van der Waals surface area contributed by atoms with Gasteiger partial charge in [-0.25, -0.2) is 0 Å². The Hall–Kier alpha value is -3.13. The molecule has 1 unspecified atom stereocenters. The molecule has 8 heteroatoms. The third-order valence-corrected chi connectivity index (χ3v) is 6.83. The van der Waals surface area contributed by atoms with Crippen molar-refractivity contribution in [3.8, 4) is 0 Å². The number of alkyl halides is 3. The number of benzene rings is 2. The first-order valence-corrected chi connectivity index (χ1v) is 12.3. The molecule has 2 aliphatic rings. The number of rotatable bonds is 5. The number of nitrogens with zero attached hydrogens (tertiary/aromatic N) is 1. The summed E-state index contributed by atoms with van der Waals surface area (Å²) in [5, 5.41) is 12.9. The van der Waals surface area contributed by atoms with E-state index in [0.717, 1.165) is 29.7 Å². The van der Waals surface area contributed by atoms with Crippen LogP contribution >= 0.6 is 0 Å². The second-order valence-electron chi connectivity index (χ2n) is 9.96. The summed E-state index contributed by atoms with van der Waals surface area (Å²) < 4.78 is 40.4. The van der Waals surface area contributed by atoms with E-state index in [2.05, 4.69) is 5.32 Å². The molecule has 0 spiro atoms. The molecule has 0 aromatic heterocycles. The molecule has 36 heavy (non-hydrogen) atoms. The predicted molar refractivity (Wildman–Crippen MR) is 134 cm³/mol. The van der Waals surface area contributed by atoms with E-state index in [9.17, 15) is 27.9 Å². The number of hydrogen-bond donors (Lipinski definition) is 2. The van der Waals surface area contributed by atoms with Gasteiger partial charge in [0.1, 0.15) is 0 Å². The van der Waals surface area contributed by atoms with Crippen molar-refractivity contribution in [2.45, 2.75) is 64.7 Å². The molecule has 2 aromatic rings. The molecule has 2 aromatic carbocycles. The molecule has 5 nitrogen and oxygen atoms in total. The molecule has 0 bridgehead atoms. The highest BCUT2D eigenvalue weighted by molar-refractivity contribution is 6.07. The summed E-state index contributed by atoms with van der Waals surface area (Å²) >= 11 is 0. The van der Waals surface area contributed by atoms with E-state index < -0.39 is 23.8 Å². The van der Waals surface area contributed by atoms with Crippen LogP contribution in [0.25, 0.3) is 5.57 Å². The molecule has 0 saturated heterocycles. The molecule has 1 heterocycles. The first-order chi connectivity index (χ1) is 17.0. The van der Waals surface area contributed by atoms with E-state index in [0.29, 0.717) is 48.4 Å². The molecule has 0 saturated carbocycles. The number of hydrogen-bond acceptors (Lipinski definition) is 3. The summed E-state index contributed by atoms with van der Waals surface area (Å²) in [6, 6.07) is 8.96. The number of halogens is 3. The van der Waals surface area contributed by atoms with Crippen molar-refractivity contribution < 1.29 is 27.9 Å². The fourth-order valence-corrected chi connectivity index (χ4v) is 4.86. The van der Waals surface area contributed by atoms with Crippen LogP contribution in [0.4, 0.5) is 24.5 Å². The molecule has 192 valence electrons. The van der Waals surface area contributed by atoms with Gasteiger partial charge in [-0.05, 0) is 66.5 Å². The quantitative estimate of drug-likeness (QED) is 0.514. The molecule has 0 fully saturated rings. The topological polar surface area (TPSA) is 69.6 Å². The van der Waals surface area contributed by atoms with Gasteiger partial charge in [0.25, 0.3) is 0 Å². The summed E-state index contributed by atoms with van der Waals surface area (Å²) in [6.07, 6.45) is -0.486. The van der Waals surface area contributed by atoms with E-state index in [4.69, 9.17) is 0 Å². The van der Waals surface area contributed by atoms with E-state index >= 15 is 0 Å². The van der Waals surface area contributed by atoms with Crippen molar-refractivity contribution >= 4 is 28.8 Å². The summed E-state index contributed by atoms with van der Waals surface area (Å²) in [7, 11) is 0. The van der Waals surface area contributed by atoms with Gasteiger partial charge in [0, 0.05) is 36.7 Å². The first-order valence-electron chi connectivity index (χ1n) is 12.3. The van der Waals surface area contributed by atoms with Crippen molar-refractivity contribution in [3.05, 3.63) is 64.7 Å². The maximum Gasteiger partial charge on any atom is 0.416 e. The minimum Gasteiger partial charge on any atom is -0.393 e. The van der Waals surface area contributed by atoms with Crippen LogP contribution in [0.2, 0.25) is 0 Å². The molecule has 0 radical (unpaired) electrons. The fraction of sp³-hybridized carbons (Fsp3) is 0.429. The Kier molecular flexibility index (Phi) is 7.54. The summed E-state index contributed by atoms with van der Waals surface area (Å²) in [4.78, 5) is 27.3. The van der Waals surface area contributed by atoms with Gasteiger partial charge in [-0.1, -0.05) is 32.0 Å². The lowest BCUT2D eigenvalue weighted by atomic mass is 9.88. The Bertz CT molecular complexity index is 1190. The lowest BCUT2D eigenvalue weighted by molar-refractivity contribution is -0.137. The van der Waals surface area contributed by atoms with Crippen molar-refractivity contribution in [2.75, 3.05) is 16.8 Å². The molecule has 1 aliphatic heterocycles. The van der Waals surface area contributed by atoms with Crippen molar-refractivity contribution in [1.82, 2.24) is 0 Å². The summed E-state index contributed by atoms with van der Waals surface area (Å²) in [5.74, 6) is -0.324. The van der Waals surface area contributed by atoms with Gasteiger partial charge in [-0.15, -0.1) is 0 Å². The number of aliphatic hydroxyl groups is 1. The van der Waals surface area contributed by atoms with Gasteiger partial charge in [-0.2, -0.15) is 13.2 Å². The van der Waals surface area contributed by atoms with Crippen LogP contribution in [0.5, 0.6) is 0 Å². The van der Waals surface area contributed by atoms with Gasteiger partial charge in [0.2, 0.25) is 11.8 Å². The molecule has 1 atom stereocenters. The SMILES string of the molecule is CC(C)CCC(=O)N1CCC(=CC(=O)Nc2cccc3c2CC(O)CC3)c2ccc(C(F)(F)F)cc21. The van der Waals surface area contributed by atoms with Crippen molar-refractivity contribution in [1.29, 1.82) is 0 Å². The molecule has 2 amide bonds. The minimum atomic E-state index is -4.54. The van der Waals surface area contributed by atoms with Crippen LogP contribution < -0.4 is 10.2 Å². The van der Waals surface area contributed by atoms with E-state index in [1.807, 2.05) is 26.0 Å². The van der Waals surface area contributed by atoms with Crippen molar-refractivity contribution in [3.63, 3.8) is 0 Å². The van der Waals surface area contributed by atoms with Gasteiger partial charge in [0.05, 0.1) is 17.4 Å². The molecule has 1 aliphatic carbocycles. The van der Waals surface area contributed by atoms with E-state index in [1.165, 1.54) is 17.0 Å². The van der Waals surface area contributed by atoms with E-state index in [-0.39, 0.29) is 24.6 Å². The van der Waals surface area contributed by atoms with Crippen LogP contribution in [0.1, 0.15) is 61.8 Å². The van der Waals surface area contributed by atoms with E-state index in [1.54, 1.807) is 6.07 Å². The zero-order valence-electron chi connectivity index (χ0n) is 20.5. The normalized spacial score (nSPS) is 18.7. The van der Waals surface area contributed by atoms with Gasteiger partial charge in [0.15, 0.2) is 0 Å². The second-order valence-corrected chi connectivity index (χ2v) is 9.96. The molecule has 4 rings (SSSR count). The average molecular weight is 501 g/mol. The number of carbonyl (C=O) groups excluding carboxylic acids is 2. The monoisotopic (exact) mass is 500 g/mol. The lowest BCUT2D eigenvalue weighted by Gasteiger charge is -2.32. The standard InChI is InChI=1S/C28H31F3N2O3/c1-17(2)6-11-27(36)33-13-12-19(22-10-8-20(15-25(22)33)28(29,30)31)14-26(35)32-24-5-3-4-18-7-9-21(34)16-23(18)24/h3-5,8,10,14-15,17,21,34H,6-7,9,11-13,16H2,1-2H3,(H,32,35). The zero-order chi connectivity index (χ0) is 26.0. The van der Waals surface area contributed by atoms with Crippen LogP contribution in [-0.4, -0.2) is 29.6 Å². The van der Waals surface area contributed by atoms with Gasteiger partial charge in [-0.3, -0.25) is 9.59 Å². The van der Waals surface area contributed by atoms with Gasteiger partial charge < -0.3 is 15.3 Å². The largest absolute Gasteiger partial charge is 0.416 e. The first kappa shape index (κ1) is 25.9. The number of aryl methyl sites for hydroxylation is 1. The Morgan fingerprint density at radius 1 is 1.19 bits per heavy atom. The Morgan fingerprint density at radius 3 is 2.69 bits per heavy atom. The van der Waals surface area contributed by atoms with Crippen LogP contribution in [-0.2, 0) is 28.6 Å². The summed E-state index contributed by atoms with van der Waals surface area (Å²) in [6.45, 7) is 4.18. The van der Waals surface area contributed by atoms with Crippen LogP contribution in [0, 0.1) is 5.92 Å². The average Bonchev–Trinajstić information content (AvgIpc) is 2.82. The van der Waals surface area contributed by atoms with Crippen molar-refractivity contribution in [2.24, 2.45) is 5.92 Å². The maximum absolute atomic E-state index is 13.5. The second kappa shape index (κ2) is 10.5. The number of carbonyl (C=O) groups is 2. The van der Waals surface area contributed by atoms with Crippen LogP contribution in [0.3, 0.4) is 0 Å². The Labute approximate surface area is 209 Å². The molecular weight excluding hydrogens is 469 g/mol. The molecule has 2 N–H and O–H groups in total. The third-order valence-electron chi connectivity index (χ3n) is 6.83. The highest BCUT2D eigenvalue weighted by Crippen LogP contribution is 2.40. The number of nitrogens with one attached hydrogen (secondary N) is 1. The number of fused-ring (bicyclic) bond motifs is 2. The zero-order valence-corrected chi connectivity index (χ0v) is 20.5. The fourth-order valence-electron chi connectivity index (χ4n) is 4.86. The lowest BCUT2D eigenvalue weighted by Crippen LogP contribution is -2.35. The summed E-state index contributed by atoms with van der Waals surface area (Å²) in [5.41, 5.74) is 3.00. The van der Waals surface area contributed by atoms with Crippen LogP contribution in [0.15, 0.2) is 42.5 Å². The number of amides is 2. The minimum absolute atomic E-state index is 0.184. The molecular formula is C28H31F3N2O3. The van der Waals surface area contributed by atoms with Gasteiger partial charge >= 0.3 is 6.18 Å². The highest BCUT2D eigenvalue weighted by Gasteiger charge is 2.34. The maximum atomic E-state index is 13.5. The Balaban J connectivity index is 1.63. The number of anilines is 2. The highest BCUT2D eigenvalue weighted by atomic mass is 19.4. The third kappa shape index (κ3) is 5.81. The number of aliphatic hydroxyl groups excluding tert-OH is 1.